The van der Waals surface area contributed by atoms with Crippen molar-refractivity contribution in [3.8, 4) is 12.1 Å². The quantitative estimate of drug-likeness (QED) is 0.686. The summed E-state index contributed by atoms with van der Waals surface area (Å²) in [6.45, 7) is 0.109. The molecule has 30 heavy (non-hydrogen) atoms. The maximum Gasteiger partial charge on any atom is 0.238 e. The molecule has 0 aromatic carbocycles. The third-order valence-electron chi connectivity index (χ3n) is 5.75. The average molecular weight is 431 g/mol. The fourth-order valence-electron chi connectivity index (χ4n) is 4.17. The van der Waals surface area contributed by atoms with Crippen LogP contribution in [-0.4, -0.2) is 61.2 Å². The van der Waals surface area contributed by atoms with Gasteiger partial charge < -0.3 is 15.5 Å². The number of amides is 1. The maximum absolute atomic E-state index is 12.5. The van der Waals surface area contributed by atoms with Crippen molar-refractivity contribution in [1.82, 2.24) is 15.2 Å². The van der Waals surface area contributed by atoms with Gasteiger partial charge in [0.1, 0.15) is 22.8 Å². The molecule has 0 spiro atoms. The summed E-state index contributed by atoms with van der Waals surface area (Å²) in [6.07, 6.45) is 7.11. The van der Waals surface area contributed by atoms with Gasteiger partial charge in [-0.3, -0.25) is 4.79 Å². The van der Waals surface area contributed by atoms with Gasteiger partial charge in [0.15, 0.2) is 9.84 Å². The largest absolute Gasteiger partial charge is 0.366 e. The van der Waals surface area contributed by atoms with Gasteiger partial charge in [-0.1, -0.05) is 0 Å². The van der Waals surface area contributed by atoms with E-state index in [-0.39, 0.29) is 29.4 Å². The van der Waals surface area contributed by atoms with Gasteiger partial charge in [0.05, 0.1) is 18.7 Å². The molecule has 1 amide bonds. The number of carbonyl (C=O) groups excluding carboxylic acids is 1. The summed E-state index contributed by atoms with van der Waals surface area (Å²) in [7, 11) is -3.36. The van der Waals surface area contributed by atoms with Gasteiger partial charge in [0.25, 0.3) is 0 Å². The Morgan fingerprint density at radius 3 is 2.30 bits per heavy atom. The summed E-state index contributed by atoms with van der Waals surface area (Å²) in [4.78, 5) is 18.3. The SMILES string of the molecule is CS(=O)(=O)c1cccnc1NC1CCC(NCC(=O)N2[C@H](C#N)CC[C@@H]2C#N)CC1. The summed E-state index contributed by atoms with van der Waals surface area (Å²) in [5, 5.41) is 24.9. The zero-order chi connectivity index (χ0) is 21.7. The van der Waals surface area contributed by atoms with Gasteiger partial charge in [-0.25, -0.2) is 13.4 Å². The number of hydrogen-bond donors (Lipinski definition) is 2. The van der Waals surface area contributed by atoms with Crippen LogP contribution in [0.3, 0.4) is 0 Å². The first-order chi connectivity index (χ1) is 14.3. The van der Waals surface area contributed by atoms with E-state index in [1.54, 1.807) is 18.3 Å². The summed E-state index contributed by atoms with van der Waals surface area (Å²) < 4.78 is 23.9. The number of aromatic nitrogens is 1. The van der Waals surface area contributed by atoms with E-state index in [1.807, 2.05) is 0 Å². The molecule has 3 rings (SSSR count). The van der Waals surface area contributed by atoms with Gasteiger partial charge in [-0.15, -0.1) is 0 Å². The standard InChI is InChI=1S/C20H26N6O3S/c1-30(28,29)18-3-2-10-23-20(18)25-15-6-4-14(5-7-15)24-13-19(27)26-16(11-21)8-9-17(26)12-22/h2-3,10,14-17,24H,4-9,13H2,1H3,(H,23,25)/t14?,15?,16-,17+. The number of carbonyl (C=O) groups is 1. The molecule has 160 valence electrons. The lowest BCUT2D eigenvalue weighted by molar-refractivity contribution is -0.131. The van der Waals surface area contributed by atoms with Crippen LogP contribution in [0.2, 0.25) is 0 Å². The van der Waals surface area contributed by atoms with Crippen LogP contribution in [0.25, 0.3) is 0 Å². The van der Waals surface area contributed by atoms with Crippen LogP contribution in [0.4, 0.5) is 5.82 Å². The molecular formula is C20H26N6O3S. The maximum atomic E-state index is 12.5. The highest BCUT2D eigenvalue weighted by atomic mass is 32.2. The van der Waals surface area contributed by atoms with Crippen molar-refractivity contribution in [2.24, 2.45) is 0 Å². The van der Waals surface area contributed by atoms with Crippen molar-refractivity contribution in [1.29, 1.82) is 10.5 Å². The van der Waals surface area contributed by atoms with Gasteiger partial charge in [0.2, 0.25) is 5.91 Å². The fraction of sp³-hybridized carbons (Fsp3) is 0.600. The van der Waals surface area contributed by atoms with Crippen molar-refractivity contribution >= 4 is 21.6 Å². The molecule has 2 fully saturated rings. The highest BCUT2D eigenvalue weighted by Crippen LogP contribution is 2.26. The Morgan fingerprint density at radius 1 is 1.13 bits per heavy atom. The van der Waals surface area contributed by atoms with Crippen LogP contribution in [0, 0.1) is 22.7 Å². The van der Waals surface area contributed by atoms with Gasteiger partial charge in [0, 0.05) is 24.5 Å². The van der Waals surface area contributed by atoms with Gasteiger partial charge in [-0.05, 0) is 50.7 Å². The van der Waals surface area contributed by atoms with Gasteiger partial charge in [-0.2, -0.15) is 10.5 Å². The lowest BCUT2D eigenvalue weighted by Crippen LogP contribution is -2.47. The van der Waals surface area contributed by atoms with Crippen LogP contribution in [0.1, 0.15) is 38.5 Å². The lowest BCUT2D eigenvalue weighted by atomic mass is 9.91. The van der Waals surface area contributed by atoms with E-state index < -0.39 is 21.9 Å². The topological polar surface area (TPSA) is 139 Å². The molecule has 1 saturated carbocycles. The molecule has 2 aliphatic rings. The smallest absolute Gasteiger partial charge is 0.238 e. The number of likely N-dealkylation sites (tertiary alicyclic amines) is 1. The Kier molecular flexibility index (Phi) is 6.91. The Labute approximate surface area is 177 Å². The zero-order valence-electron chi connectivity index (χ0n) is 16.9. The van der Waals surface area contributed by atoms with Crippen molar-refractivity contribution in [3.63, 3.8) is 0 Å². The van der Waals surface area contributed by atoms with E-state index in [4.69, 9.17) is 0 Å². The number of nitrogens with zero attached hydrogens (tertiary/aromatic N) is 4. The number of pyridine rings is 1. The number of nitriles is 2. The van der Waals surface area contributed by atoms with Crippen LogP contribution in [0.15, 0.2) is 23.2 Å². The molecule has 9 nitrogen and oxygen atoms in total. The second-order valence-corrected chi connectivity index (χ2v) is 9.85. The summed E-state index contributed by atoms with van der Waals surface area (Å²) in [5.41, 5.74) is 0. The first-order valence-corrected chi connectivity index (χ1v) is 12.0. The predicted octanol–water partition coefficient (Wildman–Crippen LogP) is 1.20. The Hall–Kier alpha value is -2.69. The van der Waals surface area contributed by atoms with Crippen LogP contribution >= 0.6 is 0 Å². The van der Waals surface area contributed by atoms with Crippen LogP contribution < -0.4 is 10.6 Å². The minimum atomic E-state index is -3.36. The van der Waals surface area contributed by atoms with E-state index in [9.17, 15) is 23.7 Å². The highest BCUT2D eigenvalue weighted by molar-refractivity contribution is 7.90. The molecule has 0 bridgehead atoms. The summed E-state index contributed by atoms with van der Waals surface area (Å²) >= 11 is 0. The van der Waals surface area contributed by atoms with Crippen LogP contribution in [-0.2, 0) is 14.6 Å². The highest BCUT2D eigenvalue weighted by Gasteiger charge is 2.37. The Bertz CT molecular complexity index is 937. The van der Waals surface area contributed by atoms with Crippen LogP contribution in [0.5, 0.6) is 0 Å². The predicted molar refractivity (Wildman–Crippen MR) is 110 cm³/mol. The molecule has 0 radical (unpaired) electrons. The number of sulfone groups is 1. The Balaban J connectivity index is 1.49. The molecule has 0 unspecified atom stereocenters. The number of hydrogen-bond acceptors (Lipinski definition) is 8. The molecule has 2 heterocycles. The normalized spacial score (nSPS) is 26.6. The van der Waals surface area contributed by atoms with E-state index in [1.165, 1.54) is 11.2 Å². The van der Waals surface area contributed by atoms with Gasteiger partial charge >= 0.3 is 0 Å². The average Bonchev–Trinajstić information content (AvgIpc) is 3.16. The van der Waals surface area contributed by atoms with E-state index in [2.05, 4.69) is 27.8 Å². The monoisotopic (exact) mass is 430 g/mol. The number of rotatable bonds is 6. The number of nitrogens with one attached hydrogen (secondary N) is 2. The third kappa shape index (κ3) is 5.07. The Morgan fingerprint density at radius 2 is 1.73 bits per heavy atom. The van der Waals surface area contributed by atoms with Crippen molar-refractivity contribution < 1.29 is 13.2 Å². The second kappa shape index (κ2) is 9.41. The zero-order valence-corrected chi connectivity index (χ0v) is 17.7. The molecule has 2 N–H and O–H groups in total. The minimum Gasteiger partial charge on any atom is -0.366 e. The van der Waals surface area contributed by atoms with Crippen molar-refractivity contribution in [3.05, 3.63) is 18.3 Å². The third-order valence-corrected chi connectivity index (χ3v) is 6.88. The molecule has 1 aliphatic heterocycles. The van der Waals surface area contributed by atoms with E-state index in [0.29, 0.717) is 18.7 Å². The first-order valence-electron chi connectivity index (χ1n) is 10.1. The number of anilines is 1. The van der Waals surface area contributed by atoms with E-state index in [0.717, 1.165) is 25.7 Å². The molecular weight excluding hydrogens is 404 g/mol. The molecule has 1 aromatic rings. The summed E-state index contributed by atoms with van der Waals surface area (Å²) in [6, 6.07) is 6.60. The molecule has 2 atom stereocenters. The minimum absolute atomic E-state index is 0.109. The molecule has 1 aliphatic carbocycles. The summed E-state index contributed by atoms with van der Waals surface area (Å²) in [5.74, 6) is 0.169. The fourth-order valence-corrected chi connectivity index (χ4v) is 4.96. The van der Waals surface area contributed by atoms with Crippen molar-refractivity contribution in [2.75, 3.05) is 18.1 Å². The van der Waals surface area contributed by atoms with E-state index >= 15 is 0 Å². The lowest BCUT2D eigenvalue weighted by Gasteiger charge is -2.31. The molecule has 10 heteroatoms. The first kappa shape index (κ1) is 22.0. The second-order valence-electron chi connectivity index (χ2n) is 7.86. The molecule has 1 saturated heterocycles. The molecule has 1 aromatic heterocycles. The van der Waals surface area contributed by atoms with Crippen molar-refractivity contribution in [2.45, 2.75) is 67.6 Å².